The average Bonchev–Trinajstić information content (AvgIpc) is 2.13. The van der Waals surface area contributed by atoms with E-state index in [4.69, 9.17) is 0 Å². The first-order valence-electron chi connectivity index (χ1n) is 4.61. The van der Waals surface area contributed by atoms with Crippen molar-refractivity contribution >= 4 is 0 Å². The van der Waals surface area contributed by atoms with Crippen LogP contribution >= 0.6 is 0 Å². The van der Waals surface area contributed by atoms with E-state index in [2.05, 4.69) is 32.0 Å². The molecule has 1 heterocycles. The van der Waals surface area contributed by atoms with Crippen LogP contribution in [0.25, 0.3) is 0 Å². The van der Waals surface area contributed by atoms with E-state index in [-0.39, 0.29) is 0 Å². The predicted octanol–water partition coefficient (Wildman–Crippen LogP) is 2.64. The molecule has 0 aromatic rings. The van der Waals surface area contributed by atoms with Gasteiger partial charge < -0.3 is 4.90 Å². The Hall–Kier alpha value is -0.460. The summed E-state index contributed by atoms with van der Waals surface area (Å²) in [4.78, 5) is 2.32. The molecule has 1 aliphatic rings. The van der Waals surface area contributed by atoms with Gasteiger partial charge in [-0.25, -0.2) is 0 Å². The van der Waals surface area contributed by atoms with Gasteiger partial charge in [-0.1, -0.05) is 19.4 Å². The Morgan fingerprint density at radius 1 is 1.36 bits per heavy atom. The van der Waals surface area contributed by atoms with Gasteiger partial charge in [0, 0.05) is 13.6 Å². The number of hydrogen-bond donors (Lipinski definition) is 0. The van der Waals surface area contributed by atoms with E-state index in [0.29, 0.717) is 0 Å². The van der Waals surface area contributed by atoms with E-state index in [9.17, 15) is 0 Å². The maximum atomic E-state index is 2.33. The first-order valence-corrected chi connectivity index (χ1v) is 4.61. The lowest BCUT2D eigenvalue weighted by Gasteiger charge is -2.13. The van der Waals surface area contributed by atoms with Crippen molar-refractivity contribution in [3.63, 3.8) is 0 Å². The van der Waals surface area contributed by atoms with Crippen molar-refractivity contribution < 1.29 is 0 Å². The predicted molar refractivity (Wildman–Crippen MR) is 49.4 cm³/mol. The summed E-state index contributed by atoms with van der Waals surface area (Å²) in [6, 6.07) is 0. The highest BCUT2D eigenvalue weighted by Crippen LogP contribution is 2.20. The summed E-state index contributed by atoms with van der Waals surface area (Å²) in [5, 5.41) is 0. The van der Waals surface area contributed by atoms with Crippen LogP contribution in [0, 0.1) is 5.92 Å². The highest BCUT2D eigenvalue weighted by Gasteiger charge is 2.07. The fourth-order valence-corrected chi connectivity index (χ4v) is 1.54. The summed E-state index contributed by atoms with van der Waals surface area (Å²) in [5.41, 5.74) is 1.62. The molecule has 1 rings (SSSR count). The van der Waals surface area contributed by atoms with Gasteiger partial charge in [0.2, 0.25) is 0 Å². The van der Waals surface area contributed by atoms with Gasteiger partial charge in [0.05, 0.1) is 0 Å². The quantitative estimate of drug-likeness (QED) is 0.560. The van der Waals surface area contributed by atoms with Gasteiger partial charge in [0.1, 0.15) is 0 Å². The first-order chi connectivity index (χ1) is 5.20. The molecule has 0 amide bonds. The first kappa shape index (κ1) is 8.63. The molecule has 0 fully saturated rings. The van der Waals surface area contributed by atoms with E-state index < -0.39 is 0 Å². The molecule has 0 aromatic carbocycles. The Morgan fingerprint density at radius 2 is 2.09 bits per heavy atom. The minimum atomic E-state index is 0.732. The van der Waals surface area contributed by atoms with Crippen molar-refractivity contribution in [2.24, 2.45) is 5.92 Å². The summed E-state index contributed by atoms with van der Waals surface area (Å²) in [5.74, 6) is 0.732. The lowest BCUT2D eigenvalue weighted by Crippen LogP contribution is -2.11. The minimum absolute atomic E-state index is 0.732. The molecule has 0 unspecified atom stereocenters. The Bertz CT molecular complexity index is 147. The van der Waals surface area contributed by atoms with Gasteiger partial charge in [-0.05, 0) is 31.4 Å². The van der Waals surface area contributed by atoms with Crippen LogP contribution in [0.1, 0.15) is 33.1 Å². The van der Waals surface area contributed by atoms with Crippen molar-refractivity contribution in [3.05, 3.63) is 11.8 Å². The molecule has 0 aromatic heterocycles. The van der Waals surface area contributed by atoms with Crippen LogP contribution in [0.2, 0.25) is 0 Å². The van der Waals surface area contributed by atoms with Crippen LogP contribution in [0.15, 0.2) is 11.8 Å². The second kappa shape index (κ2) is 3.80. The van der Waals surface area contributed by atoms with Gasteiger partial charge >= 0.3 is 0 Å². The summed E-state index contributed by atoms with van der Waals surface area (Å²) >= 11 is 0. The van der Waals surface area contributed by atoms with Gasteiger partial charge in [-0.15, -0.1) is 0 Å². The zero-order valence-electron chi connectivity index (χ0n) is 7.93. The Labute approximate surface area is 70.1 Å². The van der Waals surface area contributed by atoms with Crippen LogP contribution in [0.5, 0.6) is 0 Å². The average molecular weight is 153 g/mol. The zero-order valence-corrected chi connectivity index (χ0v) is 7.93. The molecule has 0 spiro atoms. The zero-order chi connectivity index (χ0) is 8.27. The van der Waals surface area contributed by atoms with E-state index in [0.717, 1.165) is 5.92 Å². The van der Waals surface area contributed by atoms with E-state index in [1.807, 2.05) is 0 Å². The summed E-state index contributed by atoms with van der Waals surface area (Å²) in [6.07, 6.45) is 6.36. The van der Waals surface area contributed by atoms with Crippen molar-refractivity contribution in [3.8, 4) is 0 Å². The molecule has 0 radical (unpaired) electrons. The lowest BCUT2D eigenvalue weighted by molar-refractivity contribution is 0.448. The fraction of sp³-hybridized carbons (Fsp3) is 0.800. The molecule has 0 saturated carbocycles. The van der Waals surface area contributed by atoms with Gasteiger partial charge in [0.25, 0.3) is 0 Å². The molecule has 0 aliphatic carbocycles. The largest absolute Gasteiger partial charge is 0.380 e. The second-order valence-corrected chi connectivity index (χ2v) is 3.80. The topological polar surface area (TPSA) is 3.24 Å². The van der Waals surface area contributed by atoms with Crippen LogP contribution in [-0.2, 0) is 0 Å². The summed E-state index contributed by atoms with van der Waals surface area (Å²) in [7, 11) is 2.17. The molecule has 1 aliphatic heterocycles. The number of rotatable bonds is 1. The van der Waals surface area contributed by atoms with Gasteiger partial charge in [-0.3, -0.25) is 0 Å². The maximum Gasteiger partial charge on any atom is 0.0169 e. The van der Waals surface area contributed by atoms with Crippen LogP contribution in [-0.4, -0.2) is 18.5 Å². The molecule has 0 bridgehead atoms. The summed E-state index contributed by atoms with van der Waals surface area (Å²) in [6.45, 7) is 5.80. The smallest absolute Gasteiger partial charge is 0.0169 e. The molecular weight excluding hydrogens is 134 g/mol. The van der Waals surface area contributed by atoms with Crippen molar-refractivity contribution in [2.45, 2.75) is 33.1 Å². The normalized spacial score (nSPS) is 20.0. The van der Waals surface area contributed by atoms with E-state index >= 15 is 0 Å². The van der Waals surface area contributed by atoms with E-state index in [1.165, 1.54) is 25.8 Å². The highest BCUT2D eigenvalue weighted by atomic mass is 15.1. The third-order valence-electron chi connectivity index (χ3n) is 2.35. The SMILES string of the molecule is CC(C)C1=CN(C)CCCC1. The van der Waals surface area contributed by atoms with Crippen molar-refractivity contribution in [1.82, 2.24) is 4.90 Å². The van der Waals surface area contributed by atoms with Crippen LogP contribution in [0.3, 0.4) is 0 Å². The molecule has 11 heavy (non-hydrogen) atoms. The maximum absolute atomic E-state index is 2.33. The third kappa shape index (κ3) is 2.57. The van der Waals surface area contributed by atoms with Gasteiger partial charge in [0.15, 0.2) is 0 Å². The van der Waals surface area contributed by atoms with Crippen molar-refractivity contribution in [1.29, 1.82) is 0 Å². The lowest BCUT2D eigenvalue weighted by atomic mass is 10.00. The molecule has 0 atom stereocenters. The molecular formula is C10H19N. The standard InChI is InChI=1S/C10H19N/c1-9(2)10-6-4-5-7-11(3)8-10/h8-9H,4-7H2,1-3H3. The molecule has 1 nitrogen and oxygen atoms in total. The number of nitrogens with zero attached hydrogens (tertiary/aromatic N) is 1. The Balaban J connectivity index is 2.59. The molecule has 64 valence electrons. The molecule has 1 heteroatoms. The monoisotopic (exact) mass is 153 g/mol. The van der Waals surface area contributed by atoms with Gasteiger partial charge in [-0.2, -0.15) is 0 Å². The Kier molecular flexibility index (Phi) is 2.98. The second-order valence-electron chi connectivity index (χ2n) is 3.80. The highest BCUT2D eigenvalue weighted by molar-refractivity contribution is 5.05. The molecule has 0 saturated heterocycles. The third-order valence-corrected chi connectivity index (χ3v) is 2.35. The number of hydrogen-bond acceptors (Lipinski definition) is 1. The minimum Gasteiger partial charge on any atom is -0.380 e. The summed E-state index contributed by atoms with van der Waals surface area (Å²) < 4.78 is 0. The fourth-order valence-electron chi connectivity index (χ4n) is 1.54. The van der Waals surface area contributed by atoms with Crippen LogP contribution in [0.4, 0.5) is 0 Å². The Morgan fingerprint density at radius 3 is 2.73 bits per heavy atom. The molecule has 0 N–H and O–H groups in total. The van der Waals surface area contributed by atoms with Crippen molar-refractivity contribution in [2.75, 3.05) is 13.6 Å². The number of allylic oxidation sites excluding steroid dienone is 1. The van der Waals surface area contributed by atoms with Crippen LogP contribution < -0.4 is 0 Å². The van der Waals surface area contributed by atoms with E-state index in [1.54, 1.807) is 5.57 Å².